The van der Waals surface area contributed by atoms with Crippen LogP contribution in [0.3, 0.4) is 0 Å². The Labute approximate surface area is 98.6 Å². The molecule has 1 amide bonds. The third kappa shape index (κ3) is 1.41. The summed E-state index contributed by atoms with van der Waals surface area (Å²) >= 11 is 0. The fraction of sp³-hybridized carbons (Fsp3) is 0.923. The molecule has 0 radical (unpaired) electrons. The first-order valence-electron chi connectivity index (χ1n) is 6.32. The fourth-order valence-electron chi connectivity index (χ4n) is 3.36. The SMILES string of the molecule is CNC1CCCN(C2C(C)(C)C2(C)C)C1=O. The van der Waals surface area contributed by atoms with Gasteiger partial charge in [-0.15, -0.1) is 0 Å². The molecule has 1 saturated carbocycles. The standard InChI is InChI=1S/C13H24N2O/c1-12(2)11(13(12,3)4)15-8-6-7-9(14-5)10(15)16/h9,11,14H,6-8H2,1-5H3. The maximum Gasteiger partial charge on any atom is 0.239 e. The fourth-order valence-corrected chi connectivity index (χ4v) is 3.36. The predicted octanol–water partition coefficient (Wildman–Crippen LogP) is 1.63. The molecule has 3 heteroatoms. The van der Waals surface area contributed by atoms with Gasteiger partial charge in [0.2, 0.25) is 5.91 Å². The second kappa shape index (κ2) is 3.46. The summed E-state index contributed by atoms with van der Waals surface area (Å²) in [5.74, 6) is 0.303. The summed E-state index contributed by atoms with van der Waals surface area (Å²) in [6.45, 7) is 10.0. The molecule has 1 heterocycles. The van der Waals surface area contributed by atoms with E-state index in [1.807, 2.05) is 7.05 Å². The van der Waals surface area contributed by atoms with Crippen molar-refractivity contribution < 1.29 is 4.79 Å². The van der Waals surface area contributed by atoms with Crippen molar-refractivity contribution in [3.05, 3.63) is 0 Å². The average Bonchev–Trinajstić information content (AvgIpc) is 2.59. The van der Waals surface area contributed by atoms with Crippen molar-refractivity contribution in [2.75, 3.05) is 13.6 Å². The molecule has 1 saturated heterocycles. The van der Waals surface area contributed by atoms with Crippen LogP contribution in [0.5, 0.6) is 0 Å². The lowest BCUT2D eigenvalue weighted by Crippen LogP contribution is -2.51. The maximum atomic E-state index is 12.3. The number of piperidine rings is 1. The molecular formula is C13H24N2O. The van der Waals surface area contributed by atoms with Crippen molar-refractivity contribution in [3.63, 3.8) is 0 Å². The van der Waals surface area contributed by atoms with Gasteiger partial charge in [0, 0.05) is 12.6 Å². The van der Waals surface area contributed by atoms with Gasteiger partial charge in [-0.25, -0.2) is 0 Å². The number of rotatable bonds is 2. The maximum absolute atomic E-state index is 12.3. The predicted molar refractivity (Wildman–Crippen MR) is 65.1 cm³/mol. The highest BCUT2D eigenvalue weighted by Gasteiger charge is 2.68. The molecule has 1 atom stereocenters. The van der Waals surface area contributed by atoms with E-state index in [0.717, 1.165) is 19.4 Å². The third-order valence-electron chi connectivity index (χ3n) is 5.08. The van der Waals surface area contributed by atoms with Crippen LogP contribution >= 0.6 is 0 Å². The first kappa shape index (κ1) is 11.9. The van der Waals surface area contributed by atoms with Crippen molar-refractivity contribution in [1.29, 1.82) is 0 Å². The Balaban J connectivity index is 2.15. The molecule has 0 aromatic rings. The van der Waals surface area contributed by atoms with Crippen LogP contribution in [0.15, 0.2) is 0 Å². The van der Waals surface area contributed by atoms with Crippen molar-refractivity contribution in [1.82, 2.24) is 10.2 Å². The number of carbonyl (C=O) groups excluding carboxylic acids is 1. The van der Waals surface area contributed by atoms with E-state index in [0.29, 0.717) is 11.9 Å². The number of hydrogen-bond acceptors (Lipinski definition) is 2. The van der Waals surface area contributed by atoms with Crippen molar-refractivity contribution in [3.8, 4) is 0 Å². The molecule has 1 aliphatic carbocycles. The summed E-state index contributed by atoms with van der Waals surface area (Å²) in [7, 11) is 1.88. The van der Waals surface area contributed by atoms with Crippen LogP contribution in [0.4, 0.5) is 0 Å². The molecule has 16 heavy (non-hydrogen) atoms. The van der Waals surface area contributed by atoms with Gasteiger partial charge in [0.15, 0.2) is 0 Å². The molecule has 92 valence electrons. The van der Waals surface area contributed by atoms with Crippen LogP contribution in [-0.2, 0) is 4.79 Å². The summed E-state index contributed by atoms with van der Waals surface area (Å²) in [6, 6.07) is 0.463. The first-order chi connectivity index (χ1) is 7.34. The number of likely N-dealkylation sites (tertiary alicyclic amines) is 1. The smallest absolute Gasteiger partial charge is 0.239 e. The summed E-state index contributed by atoms with van der Waals surface area (Å²) in [4.78, 5) is 14.4. The number of likely N-dealkylation sites (N-methyl/N-ethyl adjacent to an activating group) is 1. The van der Waals surface area contributed by atoms with Gasteiger partial charge in [0.25, 0.3) is 0 Å². The van der Waals surface area contributed by atoms with E-state index in [2.05, 4.69) is 37.9 Å². The highest BCUT2D eigenvalue weighted by Crippen LogP contribution is 2.65. The van der Waals surface area contributed by atoms with Gasteiger partial charge >= 0.3 is 0 Å². The second-order valence-corrected chi connectivity index (χ2v) is 6.36. The molecule has 0 aromatic heterocycles. The van der Waals surface area contributed by atoms with Gasteiger partial charge in [0.1, 0.15) is 0 Å². The largest absolute Gasteiger partial charge is 0.337 e. The number of amides is 1. The van der Waals surface area contributed by atoms with E-state index < -0.39 is 0 Å². The minimum Gasteiger partial charge on any atom is -0.337 e. The zero-order valence-corrected chi connectivity index (χ0v) is 11.1. The summed E-state index contributed by atoms with van der Waals surface area (Å²) in [6.07, 6.45) is 2.11. The molecule has 0 aromatic carbocycles. The highest BCUT2D eigenvalue weighted by molar-refractivity contribution is 5.83. The summed E-state index contributed by atoms with van der Waals surface area (Å²) < 4.78 is 0. The number of carbonyl (C=O) groups is 1. The lowest BCUT2D eigenvalue weighted by atomic mass is 10.0. The lowest BCUT2D eigenvalue weighted by molar-refractivity contribution is -0.137. The Morgan fingerprint density at radius 3 is 2.25 bits per heavy atom. The van der Waals surface area contributed by atoms with E-state index in [1.54, 1.807) is 0 Å². The molecule has 2 rings (SSSR count). The quantitative estimate of drug-likeness (QED) is 0.773. The van der Waals surface area contributed by atoms with Gasteiger partial charge in [-0.1, -0.05) is 27.7 Å². The number of nitrogens with one attached hydrogen (secondary N) is 1. The molecule has 3 nitrogen and oxygen atoms in total. The molecule has 2 fully saturated rings. The topological polar surface area (TPSA) is 32.3 Å². The van der Waals surface area contributed by atoms with Gasteiger partial charge in [0.05, 0.1) is 6.04 Å². The van der Waals surface area contributed by atoms with Crippen LogP contribution < -0.4 is 5.32 Å². The Hall–Kier alpha value is -0.570. The van der Waals surface area contributed by atoms with Gasteiger partial charge < -0.3 is 10.2 Å². The monoisotopic (exact) mass is 224 g/mol. The van der Waals surface area contributed by atoms with Crippen LogP contribution in [0.2, 0.25) is 0 Å². The number of hydrogen-bond donors (Lipinski definition) is 1. The molecule has 0 spiro atoms. The zero-order valence-electron chi connectivity index (χ0n) is 11.1. The van der Waals surface area contributed by atoms with Gasteiger partial charge in [-0.3, -0.25) is 4.79 Å². The molecule has 1 N–H and O–H groups in total. The average molecular weight is 224 g/mol. The van der Waals surface area contributed by atoms with E-state index in [9.17, 15) is 4.79 Å². The Morgan fingerprint density at radius 2 is 1.81 bits per heavy atom. The minimum absolute atomic E-state index is 0.0425. The molecular weight excluding hydrogens is 200 g/mol. The van der Waals surface area contributed by atoms with Crippen LogP contribution in [0, 0.1) is 10.8 Å². The lowest BCUT2D eigenvalue weighted by Gasteiger charge is -2.34. The Morgan fingerprint density at radius 1 is 1.25 bits per heavy atom. The molecule has 0 bridgehead atoms. The number of nitrogens with zero attached hydrogens (tertiary/aromatic N) is 1. The Bertz CT molecular complexity index is 295. The van der Waals surface area contributed by atoms with Gasteiger partial charge in [-0.05, 0) is 30.7 Å². The van der Waals surface area contributed by atoms with Gasteiger partial charge in [-0.2, -0.15) is 0 Å². The van der Waals surface area contributed by atoms with Crippen molar-refractivity contribution in [2.45, 2.75) is 52.6 Å². The normalized spacial score (nSPS) is 32.9. The van der Waals surface area contributed by atoms with Crippen LogP contribution in [0.25, 0.3) is 0 Å². The van der Waals surface area contributed by atoms with E-state index >= 15 is 0 Å². The van der Waals surface area contributed by atoms with Crippen LogP contribution in [0.1, 0.15) is 40.5 Å². The molecule has 1 aliphatic heterocycles. The van der Waals surface area contributed by atoms with E-state index in [-0.39, 0.29) is 16.9 Å². The molecule has 1 unspecified atom stereocenters. The summed E-state index contributed by atoms with van der Waals surface area (Å²) in [5.41, 5.74) is 0.524. The third-order valence-corrected chi connectivity index (χ3v) is 5.08. The Kier molecular flexibility index (Phi) is 2.57. The highest BCUT2D eigenvalue weighted by atomic mass is 16.2. The van der Waals surface area contributed by atoms with E-state index in [4.69, 9.17) is 0 Å². The first-order valence-corrected chi connectivity index (χ1v) is 6.32. The zero-order chi connectivity index (χ0) is 12.1. The summed E-state index contributed by atoms with van der Waals surface area (Å²) in [5, 5.41) is 3.13. The molecule has 2 aliphatic rings. The van der Waals surface area contributed by atoms with Crippen molar-refractivity contribution in [2.24, 2.45) is 10.8 Å². The second-order valence-electron chi connectivity index (χ2n) is 6.36. The van der Waals surface area contributed by atoms with E-state index in [1.165, 1.54) is 0 Å². The van der Waals surface area contributed by atoms with Crippen LogP contribution in [-0.4, -0.2) is 36.5 Å². The minimum atomic E-state index is 0.0425. The van der Waals surface area contributed by atoms with Crippen molar-refractivity contribution >= 4 is 5.91 Å².